The molecule has 0 fully saturated rings. The van der Waals surface area contributed by atoms with E-state index in [1.807, 2.05) is 23.5 Å². The van der Waals surface area contributed by atoms with Gasteiger partial charge in [0, 0.05) is 53.6 Å². The Hall–Kier alpha value is -7.72. The van der Waals surface area contributed by atoms with Gasteiger partial charge in [-0.1, -0.05) is 170 Å². The van der Waals surface area contributed by atoms with Gasteiger partial charge in [-0.05, 0) is 104 Å². The van der Waals surface area contributed by atoms with Crippen molar-refractivity contribution in [2.75, 3.05) is 4.90 Å². The summed E-state index contributed by atoms with van der Waals surface area (Å²) in [6.45, 7) is 0. The fourth-order valence-electron chi connectivity index (χ4n) is 9.17. The van der Waals surface area contributed by atoms with Gasteiger partial charge in [0.25, 0.3) is 0 Å². The van der Waals surface area contributed by atoms with Crippen LogP contribution >= 0.6 is 11.3 Å². The summed E-state index contributed by atoms with van der Waals surface area (Å²) in [7, 11) is 0. The second-order valence-corrected chi connectivity index (χ2v) is 16.7. The molecule has 0 saturated carbocycles. The third-order valence-corrected chi connectivity index (χ3v) is 13.3. The van der Waals surface area contributed by atoms with Gasteiger partial charge in [0.2, 0.25) is 0 Å². The average Bonchev–Trinajstić information content (AvgIpc) is 3.91. The molecule has 0 unspecified atom stereocenters. The van der Waals surface area contributed by atoms with Crippen LogP contribution in [0.5, 0.6) is 0 Å². The summed E-state index contributed by atoms with van der Waals surface area (Å²) in [5, 5.41) is 7.37. The van der Waals surface area contributed by atoms with Crippen LogP contribution in [0, 0.1) is 0 Å². The number of nitrogens with zero attached hydrogens (tertiary/aromatic N) is 1. The predicted octanol–water partition coefficient (Wildman–Crippen LogP) is 17.2. The minimum atomic E-state index is 0.904. The van der Waals surface area contributed by atoms with Gasteiger partial charge in [-0.3, -0.25) is 0 Å². The summed E-state index contributed by atoms with van der Waals surface area (Å²) < 4.78 is 9.10. The molecule has 0 N–H and O–H groups in total. The number of para-hydroxylation sites is 2. The highest BCUT2D eigenvalue weighted by atomic mass is 32.1. The summed E-state index contributed by atoms with van der Waals surface area (Å²) in [5.74, 6) is 0. The number of furan rings is 1. The van der Waals surface area contributed by atoms with Crippen molar-refractivity contribution in [2.45, 2.75) is 0 Å². The summed E-state index contributed by atoms with van der Waals surface area (Å²) in [6.07, 6.45) is 0. The molecule has 0 radical (unpaired) electrons. The minimum Gasteiger partial charge on any atom is -0.455 e. The maximum atomic E-state index is 6.46. The van der Waals surface area contributed by atoms with Crippen molar-refractivity contribution in [3.63, 3.8) is 0 Å². The number of thiophene rings is 1. The summed E-state index contributed by atoms with van der Waals surface area (Å²) >= 11 is 1.88. The van der Waals surface area contributed by atoms with Crippen molar-refractivity contribution < 1.29 is 4.42 Å². The Morgan fingerprint density at radius 2 is 0.885 bits per heavy atom. The van der Waals surface area contributed by atoms with Gasteiger partial charge in [-0.2, -0.15) is 0 Å². The lowest BCUT2D eigenvalue weighted by Crippen LogP contribution is -2.10. The molecule has 2 heterocycles. The van der Waals surface area contributed by atoms with Crippen LogP contribution in [-0.2, 0) is 0 Å². The lowest BCUT2D eigenvalue weighted by atomic mass is 9.96. The first-order valence-electron chi connectivity index (χ1n) is 20.7. The molecule has 0 atom stereocenters. The third kappa shape index (κ3) is 6.09. The lowest BCUT2D eigenvalue weighted by Gasteiger charge is -2.27. The fourth-order valence-corrected chi connectivity index (χ4v) is 10.4. The largest absolute Gasteiger partial charge is 0.455 e. The smallest absolute Gasteiger partial charge is 0.143 e. The van der Waals surface area contributed by atoms with Crippen LogP contribution in [0.1, 0.15) is 0 Å². The zero-order chi connectivity index (χ0) is 40.3. The zero-order valence-corrected chi connectivity index (χ0v) is 33.9. The predicted molar refractivity (Wildman–Crippen MR) is 261 cm³/mol. The molecule has 0 aliphatic rings. The number of anilines is 3. The highest BCUT2D eigenvalue weighted by Crippen LogP contribution is 2.43. The van der Waals surface area contributed by atoms with Gasteiger partial charge >= 0.3 is 0 Å². The van der Waals surface area contributed by atoms with E-state index in [2.05, 4.69) is 217 Å². The summed E-state index contributed by atoms with van der Waals surface area (Å²) in [6, 6.07) is 81.2. The van der Waals surface area contributed by atoms with Crippen molar-refractivity contribution in [1.29, 1.82) is 0 Å². The van der Waals surface area contributed by atoms with Gasteiger partial charge in [0.1, 0.15) is 11.2 Å². The van der Waals surface area contributed by atoms with E-state index >= 15 is 0 Å². The monoisotopic (exact) mass is 795 g/mol. The molecule has 12 rings (SSSR count). The molecule has 0 aliphatic heterocycles. The van der Waals surface area contributed by atoms with Crippen molar-refractivity contribution in [1.82, 2.24) is 0 Å². The van der Waals surface area contributed by atoms with E-state index in [1.165, 1.54) is 58.8 Å². The number of hydrogen-bond donors (Lipinski definition) is 0. The van der Waals surface area contributed by atoms with Gasteiger partial charge in [-0.15, -0.1) is 11.3 Å². The molecule has 10 aromatic carbocycles. The van der Waals surface area contributed by atoms with Crippen LogP contribution in [0.25, 0.3) is 97.4 Å². The topological polar surface area (TPSA) is 16.4 Å². The van der Waals surface area contributed by atoms with Crippen LogP contribution in [-0.4, -0.2) is 0 Å². The second-order valence-electron chi connectivity index (χ2n) is 15.7. The molecule has 61 heavy (non-hydrogen) atoms. The van der Waals surface area contributed by atoms with Crippen LogP contribution in [0.2, 0.25) is 0 Å². The van der Waals surface area contributed by atoms with E-state index in [-0.39, 0.29) is 0 Å². The van der Waals surface area contributed by atoms with E-state index < -0.39 is 0 Å². The van der Waals surface area contributed by atoms with E-state index in [4.69, 9.17) is 4.42 Å². The molecule has 3 heteroatoms. The molecular formula is C58H37NOS. The van der Waals surface area contributed by atoms with Gasteiger partial charge in [0.15, 0.2) is 0 Å². The molecule has 0 amide bonds. The average molecular weight is 796 g/mol. The Kier molecular flexibility index (Phi) is 8.39. The van der Waals surface area contributed by atoms with Crippen LogP contribution in [0.15, 0.2) is 229 Å². The van der Waals surface area contributed by atoms with Crippen LogP contribution in [0.3, 0.4) is 0 Å². The third-order valence-electron chi connectivity index (χ3n) is 12.1. The first-order chi connectivity index (χ1) is 30.2. The van der Waals surface area contributed by atoms with Gasteiger partial charge < -0.3 is 9.32 Å². The van der Waals surface area contributed by atoms with Crippen molar-refractivity contribution in [3.8, 4) is 44.5 Å². The molecule has 0 spiro atoms. The maximum absolute atomic E-state index is 6.46. The van der Waals surface area contributed by atoms with Crippen LogP contribution in [0.4, 0.5) is 17.1 Å². The Morgan fingerprint density at radius 3 is 1.72 bits per heavy atom. The first kappa shape index (κ1) is 35.2. The Bertz CT molecular complexity index is 3610. The minimum absolute atomic E-state index is 0.904. The Labute approximate surface area is 357 Å². The van der Waals surface area contributed by atoms with E-state index in [1.54, 1.807) is 0 Å². The van der Waals surface area contributed by atoms with Crippen molar-refractivity contribution in [2.24, 2.45) is 0 Å². The molecule has 286 valence electrons. The molecular weight excluding hydrogens is 759 g/mol. The Morgan fingerprint density at radius 1 is 0.328 bits per heavy atom. The van der Waals surface area contributed by atoms with E-state index in [0.717, 1.165) is 55.7 Å². The highest BCUT2D eigenvalue weighted by Gasteiger charge is 2.18. The Balaban J connectivity index is 0.979. The zero-order valence-electron chi connectivity index (χ0n) is 33.1. The van der Waals surface area contributed by atoms with Gasteiger partial charge in [0.05, 0.1) is 0 Å². The lowest BCUT2D eigenvalue weighted by molar-refractivity contribution is 0.670. The molecule has 0 aliphatic carbocycles. The summed E-state index contributed by atoms with van der Waals surface area (Å²) in [4.78, 5) is 2.38. The maximum Gasteiger partial charge on any atom is 0.143 e. The number of fused-ring (bicyclic) bond motifs is 7. The first-order valence-corrected chi connectivity index (χ1v) is 21.6. The van der Waals surface area contributed by atoms with E-state index in [9.17, 15) is 0 Å². The quantitative estimate of drug-likeness (QED) is 0.160. The fraction of sp³-hybridized carbons (Fsp3) is 0. The molecule has 12 aromatic rings. The molecule has 0 saturated heterocycles. The number of rotatable bonds is 7. The molecule has 0 bridgehead atoms. The normalized spacial score (nSPS) is 11.6. The van der Waals surface area contributed by atoms with Crippen molar-refractivity contribution in [3.05, 3.63) is 224 Å². The molecule has 2 nitrogen and oxygen atoms in total. The van der Waals surface area contributed by atoms with E-state index in [0.29, 0.717) is 0 Å². The molecule has 2 aromatic heterocycles. The van der Waals surface area contributed by atoms with Crippen molar-refractivity contribution >= 4 is 81.3 Å². The van der Waals surface area contributed by atoms with Gasteiger partial charge in [-0.25, -0.2) is 0 Å². The van der Waals surface area contributed by atoms with Crippen LogP contribution < -0.4 is 4.90 Å². The number of benzene rings is 10. The highest BCUT2D eigenvalue weighted by molar-refractivity contribution is 7.26. The number of hydrogen-bond acceptors (Lipinski definition) is 3. The SMILES string of the molecule is c1cc(-c2cccc(N(c3ccc(-c4cccc5c4oc4ccccc45)cc3)c3cccc(-c4cccc5ccccc45)c3)c2)cc(-c2cccc3c2sc2ccccc23)c1. The summed E-state index contributed by atoms with van der Waals surface area (Å²) in [5.41, 5.74) is 14.4. The standard InChI is InChI=1S/C58H37NOS/c1-2-21-47-38(13-1)14-10-24-48(47)43-18-9-20-46(37-43)59(44-33-31-39(32-34-44)49-25-11-27-53-51-22-3-5-29-55(51)60-57(49)53)45-19-8-16-41(36-45)40-15-7-17-42(35-40)50-26-12-28-54-52-23-4-6-30-56(52)61-58(50)54/h1-37H. The second kappa shape index (κ2) is 14.5.